The van der Waals surface area contributed by atoms with Gasteiger partial charge in [0.05, 0.1) is 19.8 Å². The van der Waals surface area contributed by atoms with E-state index in [2.05, 4.69) is 0 Å². The van der Waals surface area contributed by atoms with Gasteiger partial charge in [-0.05, 0) is 18.8 Å². The molecule has 88 valence electrons. The third-order valence-electron chi connectivity index (χ3n) is 3.01. The lowest BCUT2D eigenvalue weighted by Crippen LogP contribution is -2.14. The monoisotopic (exact) mass is 223 g/mol. The van der Waals surface area contributed by atoms with E-state index in [0.717, 1.165) is 12.8 Å². The highest BCUT2D eigenvalue weighted by Crippen LogP contribution is 2.46. The first kappa shape index (κ1) is 11.1. The second kappa shape index (κ2) is 4.22. The van der Waals surface area contributed by atoms with Gasteiger partial charge in [0.2, 0.25) is 0 Å². The highest BCUT2D eigenvalue weighted by atomic mass is 16.5. The molecule has 1 saturated carbocycles. The summed E-state index contributed by atoms with van der Waals surface area (Å²) in [6.07, 6.45) is 2.24. The summed E-state index contributed by atoms with van der Waals surface area (Å²) in [6.45, 7) is 0. The quantitative estimate of drug-likeness (QED) is 0.817. The molecule has 0 radical (unpaired) electrons. The molecule has 1 aromatic carbocycles. The summed E-state index contributed by atoms with van der Waals surface area (Å²) in [5.41, 5.74) is 6.77. The van der Waals surface area contributed by atoms with Crippen molar-refractivity contribution in [3.05, 3.63) is 17.7 Å². The number of methoxy groups -OCH3 is 2. The number of phenolic OH excluding ortho intramolecular Hbond substituents is 1. The number of hydrogen-bond acceptors (Lipinski definition) is 4. The summed E-state index contributed by atoms with van der Waals surface area (Å²) in [5, 5.41) is 9.94. The second-order valence-electron chi connectivity index (χ2n) is 4.13. The van der Waals surface area contributed by atoms with Crippen LogP contribution in [0, 0.1) is 5.92 Å². The molecule has 3 N–H and O–H groups in total. The van der Waals surface area contributed by atoms with Gasteiger partial charge in [-0.25, -0.2) is 0 Å². The molecule has 0 heterocycles. The lowest BCUT2D eigenvalue weighted by molar-refractivity contribution is 0.372. The third-order valence-corrected chi connectivity index (χ3v) is 3.01. The Hall–Kier alpha value is -1.42. The molecular formula is C12H17NO3. The first-order valence-electron chi connectivity index (χ1n) is 5.37. The van der Waals surface area contributed by atoms with Crippen LogP contribution in [0.5, 0.6) is 17.2 Å². The molecule has 2 rings (SSSR count). The van der Waals surface area contributed by atoms with Crippen molar-refractivity contribution < 1.29 is 14.6 Å². The Morgan fingerprint density at radius 1 is 1.31 bits per heavy atom. The molecule has 0 saturated heterocycles. The predicted octanol–water partition coefficient (Wildman–Crippen LogP) is 1.82. The molecule has 0 amide bonds. The van der Waals surface area contributed by atoms with Gasteiger partial charge in [-0.2, -0.15) is 0 Å². The lowest BCUT2D eigenvalue weighted by atomic mass is 10.0. The van der Waals surface area contributed by atoms with E-state index in [9.17, 15) is 5.11 Å². The molecule has 16 heavy (non-hydrogen) atoms. The van der Waals surface area contributed by atoms with Crippen LogP contribution >= 0.6 is 0 Å². The van der Waals surface area contributed by atoms with Crippen molar-refractivity contribution in [2.75, 3.05) is 14.2 Å². The van der Waals surface area contributed by atoms with Gasteiger partial charge in [0.25, 0.3) is 0 Å². The number of phenols is 1. The van der Waals surface area contributed by atoms with Crippen LogP contribution < -0.4 is 15.2 Å². The van der Waals surface area contributed by atoms with Crippen molar-refractivity contribution in [3.8, 4) is 17.2 Å². The summed E-state index contributed by atoms with van der Waals surface area (Å²) in [5.74, 6) is 1.78. The zero-order valence-corrected chi connectivity index (χ0v) is 9.56. The summed E-state index contributed by atoms with van der Waals surface area (Å²) in [7, 11) is 3.12. The number of hydrogen-bond donors (Lipinski definition) is 2. The zero-order chi connectivity index (χ0) is 11.7. The number of rotatable bonds is 4. The van der Waals surface area contributed by atoms with E-state index in [1.54, 1.807) is 26.4 Å². The summed E-state index contributed by atoms with van der Waals surface area (Å²) in [4.78, 5) is 0. The van der Waals surface area contributed by atoms with Gasteiger partial charge in [0, 0.05) is 18.2 Å². The highest BCUT2D eigenvalue weighted by molar-refractivity contribution is 5.52. The first-order chi connectivity index (χ1) is 7.67. The minimum atomic E-state index is -0.152. The van der Waals surface area contributed by atoms with Crippen LogP contribution in [0.3, 0.4) is 0 Å². The summed E-state index contributed by atoms with van der Waals surface area (Å²) < 4.78 is 10.3. The van der Waals surface area contributed by atoms with E-state index in [-0.39, 0.29) is 11.8 Å². The van der Waals surface area contributed by atoms with Gasteiger partial charge >= 0.3 is 0 Å². The molecule has 0 spiro atoms. The summed E-state index contributed by atoms with van der Waals surface area (Å²) >= 11 is 0. The fraction of sp³-hybridized carbons (Fsp3) is 0.500. The van der Waals surface area contributed by atoms with E-state index in [1.165, 1.54) is 0 Å². The average molecular weight is 223 g/mol. The largest absolute Gasteiger partial charge is 0.507 e. The Kier molecular flexibility index (Phi) is 2.92. The van der Waals surface area contributed by atoms with E-state index in [4.69, 9.17) is 15.2 Å². The van der Waals surface area contributed by atoms with Crippen LogP contribution in [0.2, 0.25) is 0 Å². The fourth-order valence-electron chi connectivity index (χ4n) is 1.90. The Bertz CT molecular complexity index is 388. The average Bonchev–Trinajstić information content (AvgIpc) is 3.10. The molecule has 0 bridgehead atoms. The van der Waals surface area contributed by atoms with Crippen molar-refractivity contribution in [3.63, 3.8) is 0 Å². The molecule has 1 atom stereocenters. The standard InChI is InChI=1S/C12H17NO3/c1-15-8-5-9(14)11(10(6-8)16-2)12(13)7-3-4-7/h5-7,12,14H,3-4,13H2,1-2H3/t12-/m1/s1. The van der Waals surface area contributed by atoms with Gasteiger partial charge in [0.1, 0.15) is 17.2 Å². The van der Waals surface area contributed by atoms with Gasteiger partial charge < -0.3 is 20.3 Å². The van der Waals surface area contributed by atoms with Crippen molar-refractivity contribution >= 4 is 0 Å². The van der Waals surface area contributed by atoms with E-state index < -0.39 is 0 Å². The van der Waals surface area contributed by atoms with Crippen LogP contribution in [0.1, 0.15) is 24.4 Å². The lowest BCUT2D eigenvalue weighted by Gasteiger charge is -2.17. The van der Waals surface area contributed by atoms with Crippen LogP contribution in [-0.2, 0) is 0 Å². The summed E-state index contributed by atoms with van der Waals surface area (Å²) in [6, 6.07) is 3.16. The molecular weight excluding hydrogens is 206 g/mol. The maximum atomic E-state index is 9.94. The molecule has 1 aliphatic rings. The van der Waals surface area contributed by atoms with Gasteiger partial charge in [-0.15, -0.1) is 0 Å². The van der Waals surface area contributed by atoms with Gasteiger partial charge in [-0.1, -0.05) is 0 Å². The molecule has 1 aliphatic carbocycles. The van der Waals surface area contributed by atoms with Gasteiger partial charge in [-0.3, -0.25) is 0 Å². The SMILES string of the molecule is COc1cc(O)c([C@H](N)C2CC2)c(OC)c1. The smallest absolute Gasteiger partial charge is 0.131 e. The molecule has 0 aliphatic heterocycles. The van der Waals surface area contributed by atoms with Crippen LogP contribution in [0.4, 0.5) is 0 Å². The Morgan fingerprint density at radius 2 is 2.00 bits per heavy atom. The first-order valence-corrected chi connectivity index (χ1v) is 5.37. The van der Waals surface area contributed by atoms with Crippen molar-refractivity contribution in [2.24, 2.45) is 11.7 Å². The highest BCUT2D eigenvalue weighted by Gasteiger charge is 2.33. The Labute approximate surface area is 95.0 Å². The normalized spacial score (nSPS) is 16.9. The number of aromatic hydroxyl groups is 1. The number of ether oxygens (including phenoxy) is 2. The number of benzene rings is 1. The van der Waals surface area contributed by atoms with Crippen LogP contribution in [-0.4, -0.2) is 19.3 Å². The van der Waals surface area contributed by atoms with Gasteiger partial charge in [0.15, 0.2) is 0 Å². The van der Waals surface area contributed by atoms with E-state index in [1.807, 2.05) is 0 Å². The maximum Gasteiger partial charge on any atom is 0.131 e. The van der Waals surface area contributed by atoms with Crippen molar-refractivity contribution in [1.29, 1.82) is 0 Å². The zero-order valence-electron chi connectivity index (χ0n) is 9.56. The Balaban J connectivity index is 2.41. The topological polar surface area (TPSA) is 64.7 Å². The molecule has 4 nitrogen and oxygen atoms in total. The predicted molar refractivity (Wildman–Crippen MR) is 60.9 cm³/mol. The van der Waals surface area contributed by atoms with Crippen molar-refractivity contribution in [2.45, 2.75) is 18.9 Å². The fourth-order valence-corrected chi connectivity index (χ4v) is 1.90. The third kappa shape index (κ3) is 1.93. The molecule has 0 unspecified atom stereocenters. The molecule has 1 fully saturated rings. The molecule has 4 heteroatoms. The van der Waals surface area contributed by atoms with Crippen molar-refractivity contribution in [1.82, 2.24) is 0 Å². The molecule has 1 aromatic rings. The van der Waals surface area contributed by atoms with E-state index >= 15 is 0 Å². The number of nitrogens with two attached hydrogens (primary N) is 1. The second-order valence-corrected chi connectivity index (χ2v) is 4.13. The molecule has 0 aromatic heterocycles. The van der Waals surface area contributed by atoms with E-state index in [0.29, 0.717) is 23.0 Å². The Morgan fingerprint density at radius 3 is 2.50 bits per heavy atom. The van der Waals surface area contributed by atoms with Crippen LogP contribution in [0.15, 0.2) is 12.1 Å². The maximum absolute atomic E-state index is 9.94. The minimum absolute atomic E-state index is 0.149. The van der Waals surface area contributed by atoms with Crippen LogP contribution in [0.25, 0.3) is 0 Å². The minimum Gasteiger partial charge on any atom is -0.507 e.